The smallest absolute Gasteiger partial charge is 0.161 e. The summed E-state index contributed by atoms with van der Waals surface area (Å²) in [5.41, 5.74) is 0.762. The van der Waals surface area contributed by atoms with Gasteiger partial charge in [0.05, 0.1) is 19.9 Å². The molecule has 0 saturated carbocycles. The first-order chi connectivity index (χ1) is 7.31. The SMILES string of the molecule is CCCOc1ccc(C=NO)cc1OC. The first-order valence-corrected chi connectivity index (χ1v) is 4.80. The maximum atomic E-state index is 8.39. The van der Waals surface area contributed by atoms with E-state index in [0.29, 0.717) is 18.1 Å². The van der Waals surface area contributed by atoms with Crippen LogP contribution in [0.1, 0.15) is 18.9 Å². The summed E-state index contributed by atoms with van der Waals surface area (Å²) >= 11 is 0. The number of benzene rings is 1. The summed E-state index contributed by atoms with van der Waals surface area (Å²) in [4.78, 5) is 0. The first-order valence-electron chi connectivity index (χ1n) is 4.80. The van der Waals surface area contributed by atoms with Gasteiger partial charge in [0.2, 0.25) is 0 Å². The minimum atomic E-state index is 0.640. The molecule has 0 saturated heterocycles. The lowest BCUT2D eigenvalue weighted by molar-refractivity contribution is 0.294. The van der Waals surface area contributed by atoms with Gasteiger partial charge in [-0.2, -0.15) is 0 Å². The van der Waals surface area contributed by atoms with Gasteiger partial charge in [0, 0.05) is 5.56 Å². The van der Waals surface area contributed by atoms with Crippen molar-refractivity contribution in [3.05, 3.63) is 23.8 Å². The molecule has 15 heavy (non-hydrogen) atoms. The molecule has 0 radical (unpaired) electrons. The molecule has 0 aliphatic carbocycles. The predicted molar refractivity (Wildman–Crippen MR) is 58.2 cm³/mol. The maximum Gasteiger partial charge on any atom is 0.161 e. The van der Waals surface area contributed by atoms with Crippen LogP contribution in [0.15, 0.2) is 23.4 Å². The number of rotatable bonds is 5. The van der Waals surface area contributed by atoms with Gasteiger partial charge in [0.25, 0.3) is 0 Å². The van der Waals surface area contributed by atoms with E-state index in [2.05, 4.69) is 5.16 Å². The average molecular weight is 209 g/mol. The Kier molecular flexibility index (Phi) is 4.47. The molecular formula is C11H15NO3. The molecule has 0 heterocycles. The van der Waals surface area contributed by atoms with Gasteiger partial charge in [-0.25, -0.2) is 0 Å². The quantitative estimate of drug-likeness (QED) is 0.460. The second-order valence-corrected chi connectivity index (χ2v) is 3.00. The molecule has 0 atom stereocenters. The molecule has 4 nitrogen and oxygen atoms in total. The van der Waals surface area contributed by atoms with E-state index in [9.17, 15) is 0 Å². The fraction of sp³-hybridized carbons (Fsp3) is 0.364. The molecule has 0 spiro atoms. The number of hydrogen-bond donors (Lipinski definition) is 1. The van der Waals surface area contributed by atoms with Crippen LogP contribution in [0.25, 0.3) is 0 Å². The number of methoxy groups -OCH3 is 1. The van der Waals surface area contributed by atoms with E-state index in [4.69, 9.17) is 14.7 Å². The lowest BCUT2D eigenvalue weighted by Crippen LogP contribution is -1.98. The molecule has 0 fully saturated rings. The molecular weight excluding hydrogens is 194 g/mol. The second-order valence-electron chi connectivity index (χ2n) is 3.00. The molecule has 0 bridgehead atoms. The maximum absolute atomic E-state index is 8.39. The third-order valence-corrected chi connectivity index (χ3v) is 1.86. The lowest BCUT2D eigenvalue weighted by Gasteiger charge is -2.10. The molecule has 1 aromatic rings. The zero-order valence-corrected chi connectivity index (χ0v) is 8.93. The van der Waals surface area contributed by atoms with Crippen molar-refractivity contribution in [2.75, 3.05) is 13.7 Å². The van der Waals surface area contributed by atoms with Crippen LogP contribution in [0.2, 0.25) is 0 Å². The van der Waals surface area contributed by atoms with Crippen molar-refractivity contribution in [2.24, 2.45) is 5.16 Å². The Morgan fingerprint density at radius 3 is 2.80 bits per heavy atom. The van der Waals surface area contributed by atoms with E-state index < -0.39 is 0 Å². The van der Waals surface area contributed by atoms with Crippen molar-refractivity contribution >= 4 is 6.21 Å². The van der Waals surface area contributed by atoms with E-state index in [-0.39, 0.29) is 0 Å². The standard InChI is InChI=1S/C11H15NO3/c1-3-6-15-10-5-4-9(8-12-13)7-11(10)14-2/h4-5,7-8,13H,3,6H2,1-2H3. The Labute approximate surface area is 89.1 Å². The molecule has 0 aliphatic rings. The van der Waals surface area contributed by atoms with Crippen LogP contribution in [0.4, 0.5) is 0 Å². The number of nitrogens with zero attached hydrogens (tertiary/aromatic N) is 1. The van der Waals surface area contributed by atoms with Gasteiger partial charge < -0.3 is 14.7 Å². The molecule has 0 aromatic heterocycles. The van der Waals surface area contributed by atoms with E-state index in [1.165, 1.54) is 6.21 Å². The molecule has 1 rings (SSSR count). The van der Waals surface area contributed by atoms with Crippen molar-refractivity contribution in [1.82, 2.24) is 0 Å². The van der Waals surface area contributed by atoms with Gasteiger partial charge in [-0.05, 0) is 24.6 Å². The molecule has 0 amide bonds. The first kappa shape index (κ1) is 11.4. The summed E-state index contributed by atoms with van der Waals surface area (Å²) in [7, 11) is 1.58. The highest BCUT2D eigenvalue weighted by atomic mass is 16.5. The van der Waals surface area contributed by atoms with Crippen LogP contribution in [-0.4, -0.2) is 25.1 Å². The highest BCUT2D eigenvalue weighted by Crippen LogP contribution is 2.27. The van der Waals surface area contributed by atoms with E-state index in [1.54, 1.807) is 25.3 Å². The van der Waals surface area contributed by atoms with Gasteiger partial charge in [-0.3, -0.25) is 0 Å². The third kappa shape index (κ3) is 3.16. The van der Waals surface area contributed by atoms with E-state index >= 15 is 0 Å². The fourth-order valence-electron chi connectivity index (χ4n) is 1.16. The molecule has 1 N–H and O–H groups in total. The van der Waals surface area contributed by atoms with Crippen LogP contribution in [0, 0.1) is 0 Å². The Balaban J connectivity index is 2.88. The monoisotopic (exact) mass is 209 g/mol. The minimum absolute atomic E-state index is 0.640. The topological polar surface area (TPSA) is 51.0 Å². The van der Waals surface area contributed by atoms with Gasteiger partial charge in [-0.1, -0.05) is 12.1 Å². The molecule has 1 aromatic carbocycles. The largest absolute Gasteiger partial charge is 0.493 e. The van der Waals surface area contributed by atoms with Gasteiger partial charge in [0.15, 0.2) is 11.5 Å². The predicted octanol–water partition coefficient (Wildman–Crippen LogP) is 2.29. The summed E-state index contributed by atoms with van der Waals surface area (Å²) in [6, 6.07) is 5.35. The number of hydrogen-bond acceptors (Lipinski definition) is 4. The van der Waals surface area contributed by atoms with E-state index in [0.717, 1.165) is 12.0 Å². The highest BCUT2D eigenvalue weighted by molar-refractivity contribution is 5.80. The normalized spacial score (nSPS) is 10.5. The van der Waals surface area contributed by atoms with Gasteiger partial charge in [-0.15, -0.1) is 0 Å². The zero-order valence-electron chi connectivity index (χ0n) is 8.93. The molecule has 82 valence electrons. The number of ether oxygens (including phenoxy) is 2. The Morgan fingerprint density at radius 1 is 1.40 bits per heavy atom. The van der Waals surface area contributed by atoms with Crippen LogP contribution in [-0.2, 0) is 0 Å². The third-order valence-electron chi connectivity index (χ3n) is 1.86. The lowest BCUT2D eigenvalue weighted by atomic mass is 10.2. The highest BCUT2D eigenvalue weighted by Gasteiger charge is 2.04. The summed E-state index contributed by atoms with van der Waals surface area (Å²) in [5.74, 6) is 1.34. The van der Waals surface area contributed by atoms with Crippen LogP contribution >= 0.6 is 0 Å². The van der Waals surface area contributed by atoms with Crippen LogP contribution < -0.4 is 9.47 Å². The van der Waals surface area contributed by atoms with Crippen LogP contribution in [0.5, 0.6) is 11.5 Å². The minimum Gasteiger partial charge on any atom is -0.493 e. The summed E-state index contributed by atoms with van der Waals surface area (Å²) in [5, 5.41) is 11.3. The van der Waals surface area contributed by atoms with Crippen molar-refractivity contribution in [3.8, 4) is 11.5 Å². The molecule has 0 unspecified atom stereocenters. The van der Waals surface area contributed by atoms with Crippen molar-refractivity contribution < 1.29 is 14.7 Å². The Morgan fingerprint density at radius 2 is 2.20 bits per heavy atom. The van der Waals surface area contributed by atoms with Gasteiger partial charge >= 0.3 is 0 Å². The fourth-order valence-corrected chi connectivity index (χ4v) is 1.16. The van der Waals surface area contributed by atoms with Crippen molar-refractivity contribution in [1.29, 1.82) is 0 Å². The average Bonchev–Trinajstić information content (AvgIpc) is 2.27. The molecule has 4 heteroatoms. The summed E-state index contributed by atoms with van der Waals surface area (Å²) in [6.07, 6.45) is 2.29. The molecule has 0 aliphatic heterocycles. The van der Waals surface area contributed by atoms with E-state index in [1.807, 2.05) is 6.92 Å². The van der Waals surface area contributed by atoms with Gasteiger partial charge in [0.1, 0.15) is 0 Å². The number of oxime groups is 1. The van der Waals surface area contributed by atoms with Crippen LogP contribution in [0.3, 0.4) is 0 Å². The Hall–Kier alpha value is -1.71. The Bertz CT molecular complexity index is 337. The van der Waals surface area contributed by atoms with Crippen molar-refractivity contribution in [3.63, 3.8) is 0 Å². The second kappa shape index (κ2) is 5.90. The summed E-state index contributed by atoms with van der Waals surface area (Å²) < 4.78 is 10.6. The zero-order chi connectivity index (χ0) is 11.1. The summed E-state index contributed by atoms with van der Waals surface area (Å²) in [6.45, 7) is 2.70. The van der Waals surface area contributed by atoms with Crippen molar-refractivity contribution in [2.45, 2.75) is 13.3 Å².